The SMILES string of the molecule is C=CC(=O)N1CCC[C@@H](n2nc(-c3cccc(F)c3)c3c(N)ncnc32)C1. The van der Waals surface area contributed by atoms with Crippen LogP contribution in [0.5, 0.6) is 0 Å². The van der Waals surface area contributed by atoms with E-state index < -0.39 is 0 Å². The van der Waals surface area contributed by atoms with Gasteiger partial charge in [0.05, 0.1) is 11.4 Å². The number of hydrogen-bond acceptors (Lipinski definition) is 5. The molecule has 0 bridgehead atoms. The lowest BCUT2D eigenvalue weighted by atomic mass is 10.1. The monoisotopic (exact) mass is 366 g/mol. The molecule has 1 aliphatic heterocycles. The maximum Gasteiger partial charge on any atom is 0.246 e. The number of benzene rings is 1. The first-order valence-corrected chi connectivity index (χ1v) is 8.74. The van der Waals surface area contributed by atoms with Gasteiger partial charge in [0, 0.05) is 18.7 Å². The van der Waals surface area contributed by atoms with Crippen LogP contribution in [0.1, 0.15) is 18.9 Å². The van der Waals surface area contributed by atoms with Crippen molar-refractivity contribution in [2.75, 3.05) is 18.8 Å². The van der Waals surface area contributed by atoms with Gasteiger partial charge in [-0.2, -0.15) is 5.10 Å². The summed E-state index contributed by atoms with van der Waals surface area (Å²) in [5.41, 5.74) is 7.82. The van der Waals surface area contributed by atoms with Gasteiger partial charge in [0.2, 0.25) is 5.91 Å². The van der Waals surface area contributed by atoms with Crippen molar-refractivity contribution in [3.05, 3.63) is 49.1 Å². The fourth-order valence-electron chi connectivity index (χ4n) is 3.57. The van der Waals surface area contributed by atoms with E-state index >= 15 is 0 Å². The quantitative estimate of drug-likeness (QED) is 0.720. The predicted octanol–water partition coefficient (Wildman–Crippen LogP) is 2.56. The molecule has 1 saturated heterocycles. The van der Waals surface area contributed by atoms with Gasteiger partial charge in [-0.25, -0.2) is 19.0 Å². The van der Waals surface area contributed by atoms with E-state index in [4.69, 9.17) is 10.8 Å². The van der Waals surface area contributed by atoms with Crippen molar-refractivity contribution in [2.24, 2.45) is 0 Å². The molecule has 4 rings (SSSR count). The summed E-state index contributed by atoms with van der Waals surface area (Å²) in [6.45, 7) is 4.76. The van der Waals surface area contributed by atoms with Crippen molar-refractivity contribution in [3.8, 4) is 11.3 Å². The Morgan fingerprint density at radius 2 is 2.22 bits per heavy atom. The van der Waals surface area contributed by atoms with Crippen LogP contribution < -0.4 is 5.73 Å². The second kappa shape index (κ2) is 6.79. The Bertz CT molecular complexity index is 1030. The van der Waals surface area contributed by atoms with Crippen molar-refractivity contribution in [1.82, 2.24) is 24.6 Å². The molecule has 8 heteroatoms. The fraction of sp³-hybridized carbons (Fsp3) is 0.263. The normalized spacial score (nSPS) is 17.2. The zero-order chi connectivity index (χ0) is 19.0. The molecule has 0 radical (unpaired) electrons. The predicted molar refractivity (Wildman–Crippen MR) is 100 cm³/mol. The molecule has 27 heavy (non-hydrogen) atoms. The average molecular weight is 366 g/mol. The van der Waals surface area contributed by atoms with Crippen molar-refractivity contribution in [2.45, 2.75) is 18.9 Å². The van der Waals surface area contributed by atoms with Gasteiger partial charge in [-0.1, -0.05) is 18.7 Å². The number of carbonyl (C=O) groups excluding carboxylic acids is 1. The van der Waals surface area contributed by atoms with Crippen molar-refractivity contribution < 1.29 is 9.18 Å². The lowest BCUT2D eigenvalue weighted by molar-refractivity contribution is -0.127. The highest BCUT2D eigenvalue weighted by Gasteiger charge is 2.28. The smallest absolute Gasteiger partial charge is 0.246 e. The zero-order valence-corrected chi connectivity index (χ0v) is 14.7. The third-order valence-electron chi connectivity index (χ3n) is 4.84. The van der Waals surface area contributed by atoms with Crippen LogP contribution in [0.3, 0.4) is 0 Å². The first kappa shape index (κ1) is 17.1. The lowest BCUT2D eigenvalue weighted by Crippen LogP contribution is -2.40. The molecule has 1 amide bonds. The average Bonchev–Trinajstić information content (AvgIpc) is 3.08. The molecule has 1 atom stereocenters. The molecule has 7 nitrogen and oxygen atoms in total. The third kappa shape index (κ3) is 3.03. The number of halogens is 1. The summed E-state index contributed by atoms with van der Waals surface area (Å²) in [6, 6.07) is 6.13. The number of likely N-dealkylation sites (tertiary alicyclic amines) is 1. The Labute approximate surface area is 155 Å². The van der Waals surface area contributed by atoms with Crippen molar-refractivity contribution in [1.29, 1.82) is 0 Å². The number of amides is 1. The second-order valence-corrected chi connectivity index (χ2v) is 6.55. The fourth-order valence-corrected chi connectivity index (χ4v) is 3.57. The maximum absolute atomic E-state index is 13.7. The van der Waals surface area contributed by atoms with E-state index in [1.165, 1.54) is 24.5 Å². The minimum absolute atomic E-state index is 0.0539. The molecule has 0 unspecified atom stereocenters. The van der Waals surface area contributed by atoms with E-state index in [1.54, 1.807) is 21.7 Å². The number of aromatic nitrogens is 4. The summed E-state index contributed by atoms with van der Waals surface area (Å²) in [4.78, 5) is 22.2. The summed E-state index contributed by atoms with van der Waals surface area (Å²) >= 11 is 0. The Morgan fingerprint density at radius 3 is 3.00 bits per heavy atom. The van der Waals surface area contributed by atoms with Gasteiger partial charge in [-0.05, 0) is 31.1 Å². The van der Waals surface area contributed by atoms with Gasteiger partial charge in [-0.15, -0.1) is 0 Å². The number of hydrogen-bond donors (Lipinski definition) is 1. The van der Waals surface area contributed by atoms with Gasteiger partial charge in [0.1, 0.15) is 23.7 Å². The summed E-state index contributed by atoms with van der Waals surface area (Å²) in [5.74, 6) is -0.165. The number of nitrogens with two attached hydrogens (primary N) is 1. The number of nitrogen functional groups attached to an aromatic ring is 1. The van der Waals surface area contributed by atoms with Crippen molar-refractivity contribution in [3.63, 3.8) is 0 Å². The minimum Gasteiger partial charge on any atom is -0.383 e. The molecule has 0 spiro atoms. The number of nitrogens with zero attached hydrogens (tertiary/aromatic N) is 5. The van der Waals surface area contributed by atoms with Crippen LogP contribution in [0.15, 0.2) is 43.2 Å². The third-order valence-corrected chi connectivity index (χ3v) is 4.84. The lowest BCUT2D eigenvalue weighted by Gasteiger charge is -2.32. The summed E-state index contributed by atoms with van der Waals surface area (Å²) in [6.07, 6.45) is 4.41. The topological polar surface area (TPSA) is 89.9 Å². The molecule has 138 valence electrons. The molecule has 3 aromatic rings. The first-order chi connectivity index (χ1) is 13.1. The summed E-state index contributed by atoms with van der Waals surface area (Å²) in [7, 11) is 0. The Kier molecular flexibility index (Phi) is 4.31. The van der Waals surface area contributed by atoms with Gasteiger partial charge >= 0.3 is 0 Å². The van der Waals surface area contributed by atoms with Gasteiger partial charge in [0.15, 0.2) is 5.65 Å². The number of piperidine rings is 1. The molecule has 1 fully saturated rings. The molecule has 2 aromatic heterocycles. The second-order valence-electron chi connectivity index (χ2n) is 6.55. The van der Waals surface area contributed by atoms with Gasteiger partial charge in [0.25, 0.3) is 0 Å². The van der Waals surface area contributed by atoms with E-state index in [0.29, 0.717) is 41.2 Å². The highest BCUT2D eigenvalue weighted by atomic mass is 19.1. The standard InChI is InChI=1S/C19H19FN6O/c1-2-15(27)25-8-4-7-14(10-25)26-19-16(18(21)22-11-23-19)17(24-26)12-5-3-6-13(20)9-12/h2-3,5-6,9,11,14H,1,4,7-8,10H2,(H2,21,22,23)/t14-/m1/s1. The van der Waals surface area contributed by atoms with E-state index in [0.717, 1.165) is 12.8 Å². The first-order valence-electron chi connectivity index (χ1n) is 8.74. The zero-order valence-electron chi connectivity index (χ0n) is 14.7. The van der Waals surface area contributed by atoms with Gasteiger partial charge in [-0.3, -0.25) is 4.79 Å². The van der Waals surface area contributed by atoms with Crippen molar-refractivity contribution >= 4 is 22.8 Å². The molecule has 3 heterocycles. The molecule has 0 aliphatic carbocycles. The number of anilines is 1. The molecular formula is C19H19FN6O. The molecule has 0 saturated carbocycles. The number of fused-ring (bicyclic) bond motifs is 1. The minimum atomic E-state index is -0.356. The van der Waals surface area contributed by atoms with Crippen LogP contribution in [0.2, 0.25) is 0 Å². The maximum atomic E-state index is 13.7. The van der Waals surface area contributed by atoms with Crippen LogP contribution in [0, 0.1) is 5.82 Å². The summed E-state index contributed by atoms with van der Waals surface area (Å²) in [5, 5.41) is 5.30. The van der Waals surface area contributed by atoms with E-state index in [2.05, 4.69) is 16.5 Å². The Hall–Kier alpha value is -3.29. The van der Waals surface area contributed by atoms with Crippen LogP contribution in [0.25, 0.3) is 22.3 Å². The van der Waals surface area contributed by atoms with E-state index in [-0.39, 0.29) is 17.8 Å². The Balaban J connectivity index is 1.83. The highest BCUT2D eigenvalue weighted by Crippen LogP contribution is 2.33. The summed E-state index contributed by atoms with van der Waals surface area (Å²) < 4.78 is 15.5. The molecule has 1 aromatic carbocycles. The van der Waals surface area contributed by atoms with E-state index in [9.17, 15) is 9.18 Å². The Morgan fingerprint density at radius 1 is 1.37 bits per heavy atom. The van der Waals surface area contributed by atoms with Crippen LogP contribution in [-0.4, -0.2) is 43.6 Å². The largest absolute Gasteiger partial charge is 0.383 e. The number of rotatable bonds is 3. The van der Waals surface area contributed by atoms with Crippen LogP contribution in [-0.2, 0) is 4.79 Å². The molecule has 2 N–H and O–H groups in total. The number of carbonyl (C=O) groups is 1. The van der Waals surface area contributed by atoms with Crippen LogP contribution in [0.4, 0.5) is 10.2 Å². The van der Waals surface area contributed by atoms with E-state index in [1.807, 2.05) is 0 Å². The molecular weight excluding hydrogens is 347 g/mol. The molecule has 1 aliphatic rings. The highest BCUT2D eigenvalue weighted by molar-refractivity contribution is 5.98. The van der Waals surface area contributed by atoms with Gasteiger partial charge < -0.3 is 10.6 Å². The van der Waals surface area contributed by atoms with Crippen LogP contribution >= 0.6 is 0 Å².